The molecule has 19 heavy (non-hydrogen) atoms. The van der Waals surface area contributed by atoms with Gasteiger partial charge in [-0.2, -0.15) is 0 Å². The van der Waals surface area contributed by atoms with Crippen LogP contribution in [0.2, 0.25) is 0 Å². The molecule has 1 saturated heterocycles. The van der Waals surface area contributed by atoms with Gasteiger partial charge in [-0.1, -0.05) is 0 Å². The fourth-order valence-electron chi connectivity index (χ4n) is 2.67. The number of rotatable bonds is 4. The molecule has 0 spiro atoms. The van der Waals surface area contributed by atoms with E-state index in [1.165, 1.54) is 6.92 Å². The highest BCUT2D eigenvalue weighted by molar-refractivity contribution is 5.72. The number of hydrogen-bond acceptors (Lipinski definition) is 3. The van der Waals surface area contributed by atoms with Crippen molar-refractivity contribution in [3.05, 3.63) is 18.2 Å². The molecule has 5 heteroatoms. The number of amides is 1. The van der Waals surface area contributed by atoms with Crippen molar-refractivity contribution in [2.75, 3.05) is 13.2 Å². The minimum absolute atomic E-state index is 0.00821. The first-order valence-corrected chi connectivity index (χ1v) is 6.87. The lowest BCUT2D eigenvalue weighted by Crippen LogP contribution is -2.34. The lowest BCUT2D eigenvalue weighted by molar-refractivity contribution is -0.118. The normalized spacial score (nSPS) is 22.2. The Hall–Kier alpha value is -1.36. The Morgan fingerprint density at radius 2 is 2.42 bits per heavy atom. The van der Waals surface area contributed by atoms with Gasteiger partial charge in [0.2, 0.25) is 5.91 Å². The molecule has 0 aromatic carbocycles. The second-order valence-corrected chi connectivity index (χ2v) is 5.76. The molecule has 1 aliphatic heterocycles. The highest BCUT2D eigenvalue weighted by atomic mass is 16.5. The van der Waals surface area contributed by atoms with E-state index in [4.69, 9.17) is 4.74 Å². The van der Waals surface area contributed by atoms with E-state index in [0.29, 0.717) is 12.5 Å². The first kappa shape index (κ1) is 14.1. The highest BCUT2D eigenvalue weighted by Gasteiger charge is 2.31. The predicted octanol–water partition coefficient (Wildman–Crippen LogP) is 1.69. The van der Waals surface area contributed by atoms with Crippen LogP contribution in [0.25, 0.3) is 0 Å². The number of aromatic nitrogens is 2. The third-order valence-corrected chi connectivity index (χ3v) is 3.54. The van der Waals surface area contributed by atoms with Crippen molar-refractivity contribution >= 4 is 5.91 Å². The zero-order chi connectivity index (χ0) is 13.9. The van der Waals surface area contributed by atoms with Crippen LogP contribution in [-0.2, 0) is 16.1 Å². The molecule has 1 fully saturated rings. The molecular weight excluding hydrogens is 242 g/mol. The molecule has 5 nitrogen and oxygen atoms in total. The summed E-state index contributed by atoms with van der Waals surface area (Å²) in [7, 11) is 0. The van der Waals surface area contributed by atoms with Gasteiger partial charge in [-0.25, -0.2) is 4.98 Å². The summed E-state index contributed by atoms with van der Waals surface area (Å²) in [5, 5.41) is 2.82. The standard InChI is InChI=1S/C14H23N3O2/c1-11(18)15-5-7-17-8-6-16-13(17)12-4-9-19-14(2,3)10-12/h6,8,12H,4-5,7,9-10H2,1-3H3,(H,15,18)/t12-/m1/s1. The summed E-state index contributed by atoms with van der Waals surface area (Å²) in [6.45, 7) is 8.00. The molecule has 2 heterocycles. The Morgan fingerprint density at radius 1 is 1.63 bits per heavy atom. The van der Waals surface area contributed by atoms with Crippen LogP contribution in [-0.4, -0.2) is 34.2 Å². The third kappa shape index (κ3) is 3.80. The maximum absolute atomic E-state index is 10.9. The average Bonchev–Trinajstić information content (AvgIpc) is 2.75. The van der Waals surface area contributed by atoms with Crippen molar-refractivity contribution in [1.29, 1.82) is 0 Å². The highest BCUT2D eigenvalue weighted by Crippen LogP contribution is 2.34. The van der Waals surface area contributed by atoms with E-state index < -0.39 is 0 Å². The van der Waals surface area contributed by atoms with Crippen LogP contribution in [0.15, 0.2) is 12.4 Å². The topological polar surface area (TPSA) is 56.2 Å². The van der Waals surface area contributed by atoms with Crippen molar-refractivity contribution in [2.45, 2.75) is 51.7 Å². The van der Waals surface area contributed by atoms with Gasteiger partial charge in [0.1, 0.15) is 5.82 Å². The van der Waals surface area contributed by atoms with Gasteiger partial charge in [-0.15, -0.1) is 0 Å². The molecule has 0 saturated carbocycles. The molecule has 1 aromatic heterocycles. The van der Waals surface area contributed by atoms with Crippen LogP contribution in [0.5, 0.6) is 0 Å². The van der Waals surface area contributed by atoms with E-state index in [9.17, 15) is 4.79 Å². The fraction of sp³-hybridized carbons (Fsp3) is 0.714. The Morgan fingerprint density at radius 3 is 3.11 bits per heavy atom. The summed E-state index contributed by atoms with van der Waals surface area (Å²) in [6.07, 6.45) is 5.83. The lowest BCUT2D eigenvalue weighted by Gasteiger charge is -2.35. The summed E-state index contributed by atoms with van der Waals surface area (Å²) in [6, 6.07) is 0. The zero-order valence-corrected chi connectivity index (χ0v) is 12.0. The quantitative estimate of drug-likeness (QED) is 0.901. The summed E-state index contributed by atoms with van der Waals surface area (Å²) in [5.41, 5.74) is -0.0721. The van der Waals surface area contributed by atoms with Crippen molar-refractivity contribution in [2.24, 2.45) is 0 Å². The van der Waals surface area contributed by atoms with Crippen molar-refractivity contribution in [1.82, 2.24) is 14.9 Å². The summed E-state index contributed by atoms with van der Waals surface area (Å²) in [5.74, 6) is 1.56. The first-order chi connectivity index (χ1) is 8.98. The maximum atomic E-state index is 10.9. The zero-order valence-electron chi connectivity index (χ0n) is 12.0. The smallest absolute Gasteiger partial charge is 0.216 e. The lowest BCUT2D eigenvalue weighted by atomic mass is 9.88. The SMILES string of the molecule is CC(=O)NCCn1ccnc1[C@@H]1CCOC(C)(C)C1. The molecule has 2 rings (SSSR count). The van der Waals surface area contributed by atoms with E-state index in [-0.39, 0.29) is 11.5 Å². The van der Waals surface area contributed by atoms with Crippen molar-refractivity contribution in [3.63, 3.8) is 0 Å². The van der Waals surface area contributed by atoms with Crippen LogP contribution in [0.1, 0.15) is 45.4 Å². The van der Waals surface area contributed by atoms with Crippen molar-refractivity contribution < 1.29 is 9.53 Å². The molecule has 1 amide bonds. The van der Waals surface area contributed by atoms with E-state index in [0.717, 1.165) is 31.8 Å². The number of ether oxygens (including phenoxy) is 1. The van der Waals surface area contributed by atoms with Gasteiger partial charge in [-0.3, -0.25) is 4.79 Å². The molecule has 1 aliphatic rings. The Balaban J connectivity index is 2.00. The summed E-state index contributed by atoms with van der Waals surface area (Å²) < 4.78 is 7.89. The first-order valence-electron chi connectivity index (χ1n) is 6.87. The summed E-state index contributed by atoms with van der Waals surface area (Å²) in [4.78, 5) is 15.4. The molecule has 0 bridgehead atoms. The predicted molar refractivity (Wildman–Crippen MR) is 72.9 cm³/mol. The molecule has 106 valence electrons. The van der Waals surface area contributed by atoms with Crippen LogP contribution in [0.3, 0.4) is 0 Å². The van der Waals surface area contributed by atoms with E-state index in [1.54, 1.807) is 0 Å². The maximum Gasteiger partial charge on any atom is 0.216 e. The van der Waals surface area contributed by atoms with E-state index in [2.05, 4.69) is 28.7 Å². The number of imidazole rings is 1. The molecular formula is C14H23N3O2. The molecule has 1 atom stereocenters. The van der Waals surface area contributed by atoms with Gasteiger partial charge >= 0.3 is 0 Å². The number of nitrogens with one attached hydrogen (secondary N) is 1. The molecule has 1 N–H and O–H groups in total. The van der Waals surface area contributed by atoms with Gasteiger partial charge in [0.25, 0.3) is 0 Å². The van der Waals surface area contributed by atoms with Crippen LogP contribution in [0, 0.1) is 0 Å². The Labute approximate surface area is 114 Å². The number of carbonyl (C=O) groups excluding carboxylic acids is 1. The van der Waals surface area contributed by atoms with Gasteiger partial charge < -0.3 is 14.6 Å². The summed E-state index contributed by atoms with van der Waals surface area (Å²) >= 11 is 0. The monoisotopic (exact) mass is 265 g/mol. The molecule has 0 radical (unpaired) electrons. The van der Waals surface area contributed by atoms with Crippen LogP contribution >= 0.6 is 0 Å². The van der Waals surface area contributed by atoms with Gasteiger partial charge in [0.05, 0.1) is 5.60 Å². The largest absolute Gasteiger partial charge is 0.376 e. The second kappa shape index (κ2) is 5.74. The van der Waals surface area contributed by atoms with Crippen LogP contribution in [0.4, 0.5) is 0 Å². The van der Waals surface area contributed by atoms with Crippen LogP contribution < -0.4 is 5.32 Å². The third-order valence-electron chi connectivity index (χ3n) is 3.54. The van der Waals surface area contributed by atoms with Crippen molar-refractivity contribution in [3.8, 4) is 0 Å². The minimum Gasteiger partial charge on any atom is -0.376 e. The molecule has 0 aliphatic carbocycles. The fourth-order valence-corrected chi connectivity index (χ4v) is 2.67. The van der Waals surface area contributed by atoms with Gasteiger partial charge in [0, 0.05) is 44.9 Å². The van der Waals surface area contributed by atoms with E-state index >= 15 is 0 Å². The average molecular weight is 265 g/mol. The second-order valence-electron chi connectivity index (χ2n) is 5.76. The van der Waals surface area contributed by atoms with E-state index in [1.807, 2.05) is 12.4 Å². The van der Waals surface area contributed by atoms with Gasteiger partial charge in [0.15, 0.2) is 0 Å². The molecule has 1 aromatic rings. The minimum atomic E-state index is -0.0721. The number of hydrogen-bond donors (Lipinski definition) is 1. The number of carbonyl (C=O) groups is 1. The molecule has 0 unspecified atom stereocenters. The Kier molecular flexibility index (Phi) is 4.24. The Bertz CT molecular complexity index is 440. The van der Waals surface area contributed by atoms with Gasteiger partial charge in [-0.05, 0) is 26.7 Å². The number of nitrogens with zero attached hydrogens (tertiary/aromatic N) is 2.